The molecule has 2 spiro atoms. The van der Waals surface area contributed by atoms with E-state index in [-0.39, 0.29) is 0 Å². The van der Waals surface area contributed by atoms with E-state index in [9.17, 15) is 0 Å². The number of fused-ring (bicyclic) bond motifs is 12. The molecule has 0 nitrogen and oxygen atoms in total. The van der Waals surface area contributed by atoms with Crippen molar-refractivity contribution in [2.24, 2.45) is 0 Å². The molecule has 0 atom stereocenters. The van der Waals surface area contributed by atoms with E-state index in [0.29, 0.717) is 0 Å². The third-order valence-corrected chi connectivity index (χ3v) is 13.1. The van der Waals surface area contributed by atoms with E-state index in [0.717, 1.165) is 22.3 Å². The fraction of sp³-hybridized carbons (Fsp3) is 0.0333. The molecule has 0 saturated carbocycles. The first-order valence-electron chi connectivity index (χ1n) is 20.7. The summed E-state index contributed by atoms with van der Waals surface area (Å²) < 4.78 is 0. The molecule has 276 valence electrons. The Morgan fingerprint density at radius 3 is 0.817 bits per heavy atom. The SMILES string of the molecule is C(#Cc1ccccc1)C1=C2C(=C(C#Cc3ccccc3)C3(c4ccccc4-c4ccccc43)C13c1ccccc1-c1ccccc13)C(c1ccccc1)=C2c1ccccc1. The van der Waals surface area contributed by atoms with Crippen LogP contribution in [0.4, 0.5) is 0 Å². The van der Waals surface area contributed by atoms with Crippen molar-refractivity contribution in [1.82, 2.24) is 0 Å². The van der Waals surface area contributed by atoms with Crippen molar-refractivity contribution >= 4 is 11.1 Å². The van der Waals surface area contributed by atoms with Crippen LogP contribution in [0.2, 0.25) is 0 Å². The van der Waals surface area contributed by atoms with Gasteiger partial charge in [0.25, 0.3) is 0 Å². The van der Waals surface area contributed by atoms with E-state index >= 15 is 0 Å². The molecule has 0 N–H and O–H groups in total. The van der Waals surface area contributed by atoms with Crippen LogP contribution >= 0.6 is 0 Å². The Hall–Kier alpha value is -7.90. The highest BCUT2D eigenvalue weighted by Crippen LogP contribution is 2.75. The van der Waals surface area contributed by atoms with Gasteiger partial charge in [0.15, 0.2) is 0 Å². The van der Waals surface area contributed by atoms with Gasteiger partial charge in [-0.25, -0.2) is 0 Å². The second-order valence-electron chi connectivity index (χ2n) is 15.9. The highest BCUT2D eigenvalue weighted by molar-refractivity contribution is 6.22. The predicted octanol–water partition coefficient (Wildman–Crippen LogP) is 13.3. The topological polar surface area (TPSA) is 0 Å². The molecule has 60 heavy (non-hydrogen) atoms. The van der Waals surface area contributed by atoms with Gasteiger partial charge in [-0.15, -0.1) is 0 Å². The summed E-state index contributed by atoms with van der Waals surface area (Å²) in [5.74, 6) is 15.7. The molecular formula is C60H36. The smallest absolute Gasteiger partial charge is 0.0641 e. The first kappa shape index (κ1) is 34.2. The molecule has 0 fully saturated rings. The van der Waals surface area contributed by atoms with Crippen LogP contribution in [0.25, 0.3) is 33.4 Å². The van der Waals surface area contributed by atoms with Crippen LogP contribution in [0.15, 0.2) is 241 Å². The van der Waals surface area contributed by atoms with Crippen molar-refractivity contribution in [3.05, 3.63) is 285 Å². The molecule has 4 aliphatic carbocycles. The molecular weight excluding hydrogens is 721 g/mol. The van der Waals surface area contributed by atoms with Crippen molar-refractivity contribution in [1.29, 1.82) is 0 Å². The highest BCUT2D eigenvalue weighted by Gasteiger charge is 2.69. The van der Waals surface area contributed by atoms with Gasteiger partial charge < -0.3 is 0 Å². The van der Waals surface area contributed by atoms with Gasteiger partial charge in [0.1, 0.15) is 0 Å². The van der Waals surface area contributed by atoms with Gasteiger partial charge in [0.2, 0.25) is 0 Å². The largest absolute Gasteiger partial charge is 0.0734 e. The summed E-state index contributed by atoms with van der Waals surface area (Å²) in [5, 5.41) is 0. The molecule has 4 aliphatic rings. The van der Waals surface area contributed by atoms with Crippen molar-refractivity contribution < 1.29 is 0 Å². The van der Waals surface area contributed by atoms with Crippen LogP contribution in [0.1, 0.15) is 44.5 Å². The Bertz CT molecular complexity index is 2970. The molecule has 0 aliphatic heterocycles. The van der Waals surface area contributed by atoms with Gasteiger partial charge in [-0.05, 0) is 91.0 Å². The van der Waals surface area contributed by atoms with Crippen LogP contribution in [0, 0.1) is 23.7 Å². The summed E-state index contributed by atoms with van der Waals surface area (Å²) >= 11 is 0. The number of hydrogen-bond acceptors (Lipinski definition) is 0. The van der Waals surface area contributed by atoms with Crippen LogP contribution in [-0.4, -0.2) is 0 Å². The minimum absolute atomic E-state index is 0.827. The molecule has 0 heteroatoms. The van der Waals surface area contributed by atoms with E-state index in [2.05, 4.69) is 242 Å². The summed E-state index contributed by atoms with van der Waals surface area (Å²) in [6.07, 6.45) is 0. The second-order valence-corrected chi connectivity index (χ2v) is 15.9. The molecule has 0 radical (unpaired) electrons. The summed E-state index contributed by atoms with van der Waals surface area (Å²) in [6, 6.07) is 79.2. The lowest BCUT2D eigenvalue weighted by Gasteiger charge is -2.56. The van der Waals surface area contributed by atoms with Gasteiger partial charge >= 0.3 is 0 Å². The van der Waals surface area contributed by atoms with Crippen LogP contribution < -0.4 is 0 Å². The summed E-state index contributed by atoms with van der Waals surface area (Å²) in [6.45, 7) is 0. The molecule has 0 saturated heterocycles. The molecule has 0 heterocycles. The number of benzene rings is 8. The van der Waals surface area contributed by atoms with Gasteiger partial charge in [0, 0.05) is 33.4 Å². The van der Waals surface area contributed by atoms with Crippen molar-refractivity contribution in [3.8, 4) is 45.9 Å². The Kier molecular flexibility index (Phi) is 7.59. The fourth-order valence-corrected chi connectivity index (χ4v) is 10.9. The Morgan fingerprint density at radius 2 is 0.500 bits per heavy atom. The van der Waals surface area contributed by atoms with E-state index in [1.165, 1.54) is 77.9 Å². The molecule has 0 bridgehead atoms. The molecule has 0 amide bonds. The Balaban J connectivity index is 1.39. The van der Waals surface area contributed by atoms with E-state index in [1.54, 1.807) is 0 Å². The molecule has 12 rings (SSSR count). The summed E-state index contributed by atoms with van der Waals surface area (Å²) in [4.78, 5) is 0. The van der Waals surface area contributed by atoms with E-state index in [4.69, 9.17) is 0 Å². The molecule has 0 unspecified atom stereocenters. The molecule has 0 aromatic heterocycles. The maximum Gasteiger partial charge on any atom is 0.0734 e. The van der Waals surface area contributed by atoms with Crippen LogP contribution in [-0.2, 0) is 10.8 Å². The van der Waals surface area contributed by atoms with Crippen LogP contribution in [0.5, 0.6) is 0 Å². The third-order valence-electron chi connectivity index (χ3n) is 13.1. The average Bonchev–Trinajstić information content (AvgIpc) is 3.78. The lowest BCUT2D eigenvalue weighted by atomic mass is 9.43. The minimum Gasteiger partial charge on any atom is -0.0641 e. The zero-order chi connectivity index (χ0) is 39.7. The standard InChI is InChI=1S/C60H36/c1-5-21-41(22-6-1)37-39-53-57-55(43-25-9-3-10-26-43)56(44-27-11-4-12-28-44)58(57)54(40-38-42-23-7-2-8-24-42)60(51-35-19-15-31-47(51)48-32-16-20-36-52(48)60)59(53)49-33-17-13-29-45(49)46-30-14-18-34-50(46)59/h1-36H. The monoisotopic (exact) mass is 756 g/mol. The number of hydrogen-bond donors (Lipinski definition) is 0. The van der Waals surface area contributed by atoms with Crippen molar-refractivity contribution in [3.63, 3.8) is 0 Å². The predicted molar refractivity (Wildman–Crippen MR) is 246 cm³/mol. The van der Waals surface area contributed by atoms with Crippen molar-refractivity contribution in [2.45, 2.75) is 10.8 Å². The lowest BCUT2D eigenvalue weighted by Crippen LogP contribution is -2.55. The maximum absolute atomic E-state index is 4.08. The second kappa shape index (κ2) is 13.3. The first-order valence-corrected chi connectivity index (χ1v) is 20.7. The minimum atomic E-state index is -0.827. The Labute approximate surface area is 351 Å². The lowest BCUT2D eigenvalue weighted by molar-refractivity contribution is 0.429. The van der Waals surface area contributed by atoms with Gasteiger partial charge in [-0.3, -0.25) is 0 Å². The number of allylic oxidation sites excluding steroid dienone is 6. The zero-order valence-electron chi connectivity index (χ0n) is 32.8. The molecule has 8 aromatic rings. The van der Waals surface area contributed by atoms with E-state index < -0.39 is 10.8 Å². The highest BCUT2D eigenvalue weighted by atomic mass is 14.7. The fourth-order valence-electron chi connectivity index (χ4n) is 10.9. The summed E-state index contributed by atoms with van der Waals surface area (Å²) in [7, 11) is 0. The van der Waals surface area contributed by atoms with Gasteiger partial charge in [-0.2, -0.15) is 0 Å². The van der Waals surface area contributed by atoms with E-state index in [1.807, 2.05) is 0 Å². The average molecular weight is 757 g/mol. The zero-order valence-corrected chi connectivity index (χ0v) is 32.8. The molecule has 8 aromatic carbocycles. The quantitative estimate of drug-likeness (QED) is 0.154. The van der Waals surface area contributed by atoms with Gasteiger partial charge in [0.05, 0.1) is 10.8 Å². The van der Waals surface area contributed by atoms with Crippen LogP contribution in [0.3, 0.4) is 0 Å². The van der Waals surface area contributed by atoms with Gasteiger partial charge in [-0.1, -0.05) is 218 Å². The third kappa shape index (κ3) is 4.54. The maximum atomic E-state index is 4.08. The normalized spacial score (nSPS) is 15.5. The summed E-state index contributed by atoms with van der Waals surface area (Å²) in [5.41, 5.74) is 19.6. The first-order chi connectivity index (χ1) is 29.8. The number of rotatable bonds is 2. The van der Waals surface area contributed by atoms with Crippen molar-refractivity contribution in [2.75, 3.05) is 0 Å². The Morgan fingerprint density at radius 1 is 0.233 bits per heavy atom.